The average molecular weight is 494 g/mol. The minimum Gasteiger partial charge on any atom is -0.444 e. The number of carbonyl (C=O) groups excluding carboxylic acids is 1. The number of carbonyl (C=O) groups is 1. The quantitative estimate of drug-likeness (QED) is 0.226. The smallest absolute Gasteiger partial charge is 0.407 e. The van der Waals surface area contributed by atoms with Gasteiger partial charge >= 0.3 is 6.09 Å². The number of unbranched alkanes of at least 4 members (excludes halogenated alkanes) is 1. The van der Waals surface area contributed by atoms with Crippen LogP contribution in [-0.2, 0) is 20.5 Å². The summed E-state index contributed by atoms with van der Waals surface area (Å²) in [6.45, 7) is 22.7. The van der Waals surface area contributed by atoms with Crippen molar-refractivity contribution in [3.63, 3.8) is 0 Å². The van der Waals surface area contributed by atoms with E-state index in [-0.39, 0.29) is 23.3 Å². The van der Waals surface area contributed by atoms with Gasteiger partial charge in [0.15, 0.2) is 8.32 Å². The molecule has 0 saturated carbocycles. The second kappa shape index (κ2) is 13.6. The zero-order valence-corrected chi connectivity index (χ0v) is 24.5. The van der Waals surface area contributed by atoms with Crippen molar-refractivity contribution in [1.29, 1.82) is 0 Å². The molecule has 0 aliphatic carbocycles. The van der Waals surface area contributed by atoms with Gasteiger partial charge in [-0.1, -0.05) is 65.0 Å². The molecule has 1 aromatic rings. The van der Waals surface area contributed by atoms with Crippen LogP contribution in [0.2, 0.25) is 18.1 Å². The molecule has 0 radical (unpaired) electrons. The molecular formula is C28H51NO4Si. The average Bonchev–Trinajstić information content (AvgIpc) is 2.67. The Morgan fingerprint density at radius 3 is 2.15 bits per heavy atom. The maximum absolute atomic E-state index is 12.7. The first kappa shape index (κ1) is 30.7. The van der Waals surface area contributed by atoms with Gasteiger partial charge in [-0.15, -0.1) is 0 Å². The molecule has 1 aromatic carbocycles. The van der Waals surface area contributed by atoms with Crippen molar-refractivity contribution < 1.29 is 18.7 Å². The van der Waals surface area contributed by atoms with Gasteiger partial charge < -0.3 is 19.2 Å². The summed E-state index contributed by atoms with van der Waals surface area (Å²) >= 11 is 0. The van der Waals surface area contributed by atoms with Crippen molar-refractivity contribution in [3.8, 4) is 0 Å². The lowest BCUT2D eigenvalue weighted by Crippen LogP contribution is -2.52. The third-order valence-electron chi connectivity index (χ3n) is 6.27. The fourth-order valence-corrected chi connectivity index (χ4v) is 4.87. The van der Waals surface area contributed by atoms with Crippen molar-refractivity contribution in [2.45, 2.75) is 124 Å². The van der Waals surface area contributed by atoms with Crippen molar-refractivity contribution in [2.75, 3.05) is 6.61 Å². The number of nitrogens with one attached hydrogen (secondary N) is 1. The summed E-state index contributed by atoms with van der Waals surface area (Å²) in [7, 11) is -2.02. The van der Waals surface area contributed by atoms with Gasteiger partial charge in [-0.25, -0.2) is 4.79 Å². The van der Waals surface area contributed by atoms with Gasteiger partial charge in [0, 0.05) is 6.61 Å². The van der Waals surface area contributed by atoms with Gasteiger partial charge in [0.2, 0.25) is 0 Å². The lowest BCUT2D eigenvalue weighted by atomic mass is 9.96. The van der Waals surface area contributed by atoms with E-state index in [1.54, 1.807) is 0 Å². The molecule has 34 heavy (non-hydrogen) atoms. The van der Waals surface area contributed by atoms with E-state index in [1.165, 1.54) is 5.56 Å². The molecule has 0 fully saturated rings. The maximum Gasteiger partial charge on any atom is 0.407 e. The highest BCUT2D eigenvalue weighted by atomic mass is 28.4. The number of ether oxygens (including phenoxy) is 2. The predicted molar refractivity (Wildman–Crippen MR) is 145 cm³/mol. The van der Waals surface area contributed by atoms with Gasteiger partial charge in [0.05, 0.1) is 18.8 Å². The first-order valence-electron chi connectivity index (χ1n) is 12.9. The van der Waals surface area contributed by atoms with Crippen LogP contribution in [0.5, 0.6) is 0 Å². The minimum atomic E-state index is -2.02. The Morgan fingerprint density at radius 2 is 1.62 bits per heavy atom. The topological polar surface area (TPSA) is 56.8 Å². The molecule has 5 nitrogen and oxygen atoms in total. The van der Waals surface area contributed by atoms with Crippen LogP contribution in [0.25, 0.3) is 0 Å². The molecule has 1 amide bonds. The lowest BCUT2D eigenvalue weighted by molar-refractivity contribution is 0.0400. The minimum absolute atomic E-state index is 0.0510. The molecule has 196 valence electrons. The molecule has 0 aromatic heterocycles. The van der Waals surface area contributed by atoms with Gasteiger partial charge in [-0.05, 0) is 76.1 Å². The van der Waals surface area contributed by atoms with Crippen LogP contribution in [0, 0.1) is 5.92 Å². The standard InChI is InChI=1S/C28H51NO4Si/c1-22(2)20-24(29-26(30)32-27(3,4)5)25(33-34(9,10)28(6,7)8)18-14-15-19-31-21-23-16-12-11-13-17-23/h11-13,16-17,22,24-25H,14-15,18-21H2,1-10H3,(H,29,30)/t24-,25?/m1/s1. The summed E-state index contributed by atoms with van der Waals surface area (Å²) in [5.41, 5.74) is 0.665. The first-order chi connectivity index (χ1) is 15.6. The Hall–Kier alpha value is -1.37. The van der Waals surface area contributed by atoms with Crippen LogP contribution >= 0.6 is 0 Å². The third-order valence-corrected chi connectivity index (χ3v) is 10.8. The summed E-state index contributed by atoms with van der Waals surface area (Å²) < 4.78 is 18.4. The van der Waals surface area contributed by atoms with Crippen molar-refractivity contribution in [3.05, 3.63) is 35.9 Å². The maximum atomic E-state index is 12.7. The summed E-state index contributed by atoms with van der Waals surface area (Å²) in [4.78, 5) is 12.7. The van der Waals surface area contributed by atoms with Crippen LogP contribution in [0.15, 0.2) is 30.3 Å². The number of benzene rings is 1. The molecule has 0 saturated heterocycles. The van der Waals surface area contributed by atoms with E-state index < -0.39 is 13.9 Å². The molecule has 0 aliphatic rings. The molecular weight excluding hydrogens is 442 g/mol. The Morgan fingerprint density at radius 1 is 1.00 bits per heavy atom. The zero-order chi connectivity index (χ0) is 26.0. The van der Waals surface area contributed by atoms with Crippen molar-refractivity contribution >= 4 is 14.4 Å². The Kier molecular flexibility index (Phi) is 12.3. The molecule has 2 atom stereocenters. The van der Waals surface area contributed by atoms with Crippen LogP contribution in [0.4, 0.5) is 4.79 Å². The summed E-state index contributed by atoms with van der Waals surface area (Å²) in [5, 5.41) is 3.25. The van der Waals surface area contributed by atoms with E-state index in [1.807, 2.05) is 39.0 Å². The molecule has 1 rings (SSSR count). The number of alkyl carbamates (subject to hydrolysis) is 1. The predicted octanol–water partition coefficient (Wildman–Crippen LogP) is 7.70. The molecule has 0 aliphatic heterocycles. The summed E-state index contributed by atoms with van der Waals surface area (Å²) in [6.07, 6.45) is 3.26. The fourth-order valence-electron chi connectivity index (χ4n) is 3.48. The molecule has 6 heteroatoms. The molecule has 0 spiro atoms. The van der Waals surface area contributed by atoms with E-state index in [0.717, 1.165) is 32.3 Å². The number of amides is 1. The van der Waals surface area contributed by atoms with E-state index in [2.05, 4.69) is 65.2 Å². The second-order valence-electron chi connectivity index (χ2n) is 12.3. The van der Waals surface area contributed by atoms with Crippen LogP contribution in [0.1, 0.15) is 86.6 Å². The number of hydrogen-bond donors (Lipinski definition) is 1. The van der Waals surface area contributed by atoms with Crippen LogP contribution < -0.4 is 5.32 Å². The first-order valence-corrected chi connectivity index (χ1v) is 15.8. The molecule has 1 N–H and O–H groups in total. The van der Waals surface area contributed by atoms with Gasteiger partial charge in [0.1, 0.15) is 5.60 Å². The van der Waals surface area contributed by atoms with E-state index in [9.17, 15) is 4.79 Å². The number of hydrogen-bond acceptors (Lipinski definition) is 4. The third kappa shape index (κ3) is 12.4. The van der Waals surface area contributed by atoms with E-state index >= 15 is 0 Å². The Balaban J connectivity index is 2.82. The molecule has 1 unspecified atom stereocenters. The number of rotatable bonds is 13. The monoisotopic (exact) mass is 493 g/mol. The highest BCUT2D eigenvalue weighted by molar-refractivity contribution is 6.74. The SMILES string of the molecule is CC(C)C[C@@H](NC(=O)OC(C)(C)C)C(CCCCOCc1ccccc1)O[Si](C)(C)C(C)(C)C. The Bertz CT molecular complexity index is 707. The molecule has 0 bridgehead atoms. The molecule has 0 heterocycles. The van der Waals surface area contributed by atoms with Gasteiger partial charge in [-0.3, -0.25) is 0 Å². The normalized spacial score (nSPS) is 14.7. The zero-order valence-electron chi connectivity index (χ0n) is 23.5. The van der Waals surface area contributed by atoms with Crippen LogP contribution in [-0.4, -0.2) is 38.8 Å². The summed E-state index contributed by atoms with van der Waals surface area (Å²) in [6, 6.07) is 10.2. The fraction of sp³-hybridized carbons (Fsp3) is 0.750. The van der Waals surface area contributed by atoms with Gasteiger partial charge in [0.25, 0.3) is 0 Å². The van der Waals surface area contributed by atoms with Crippen LogP contribution in [0.3, 0.4) is 0 Å². The van der Waals surface area contributed by atoms with Crippen molar-refractivity contribution in [1.82, 2.24) is 5.32 Å². The summed E-state index contributed by atoms with van der Waals surface area (Å²) in [5.74, 6) is 0.430. The van der Waals surface area contributed by atoms with Gasteiger partial charge in [-0.2, -0.15) is 0 Å². The largest absolute Gasteiger partial charge is 0.444 e. The van der Waals surface area contributed by atoms with E-state index in [4.69, 9.17) is 13.9 Å². The second-order valence-corrected chi connectivity index (χ2v) is 17.1. The van der Waals surface area contributed by atoms with Crippen molar-refractivity contribution in [2.24, 2.45) is 5.92 Å². The lowest BCUT2D eigenvalue weighted by Gasteiger charge is -2.42. The van der Waals surface area contributed by atoms with E-state index in [0.29, 0.717) is 12.5 Å². The Labute approximate surface area is 210 Å². The highest BCUT2D eigenvalue weighted by Crippen LogP contribution is 2.38. The highest BCUT2D eigenvalue weighted by Gasteiger charge is 2.41.